The van der Waals surface area contributed by atoms with Crippen LogP contribution in [0.3, 0.4) is 0 Å². The number of nitrogens with one attached hydrogen (secondary N) is 2. The first kappa shape index (κ1) is 14.8. The Labute approximate surface area is 109 Å². The molecule has 1 rings (SSSR count). The lowest BCUT2D eigenvalue weighted by Crippen LogP contribution is -2.40. The standard InChI is InChI=1S/C10H18N4O3S/c1-4-5-11-7(8(15)17-3)6-18-10-13-12-9(16)14(10)2/h7,11H,4-6H2,1-3H3,(H,12,16). The SMILES string of the molecule is CCCNC(CSc1n[nH]c(=O)n1C)C(=O)OC. The third-order valence-corrected chi connectivity index (χ3v) is 3.47. The summed E-state index contributed by atoms with van der Waals surface area (Å²) in [5.41, 5.74) is -0.270. The second kappa shape index (κ2) is 7.22. The van der Waals surface area contributed by atoms with Gasteiger partial charge in [-0.25, -0.2) is 9.89 Å². The van der Waals surface area contributed by atoms with E-state index >= 15 is 0 Å². The van der Waals surface area contributed by atoms with Crippen LogP contribution in [0.1, 0.15) is 13.3 Å². The Morgan fingerprint density at radius 3 is 2.89 bits per heavy atom. The molecule has 0 aliphatic heterocycles. The smallest absolute Gasteiger partial charge is 0.343 e. The zero-order valence-corrected chi connectivity index (χ0v) is 11.5. The van der Waals surface area contributed by atoms with Crippen LogP contribution in [-0.4, -0.2) is 46.2 Å². The van der Waals surface area contributed by atoms with Gasteiger partial charge in [0.1, 0.15) is 6.04 Å². The minimum Gasteiger partial charge on any atom is -0.468 e. The molecule has 2 N–H and O–H groups in total. The molecule has 1 heterocycles. The molecule has 102 valence electrons. The lowest BCUT2D eigenvalue weighted by atomic mass is 10.3. The van der Waals surface area contributed by atoms with Gasteiger partial charge in [0, 0.05) is 12.8 Å². The first-order chi connectivity index (χ1) is 8.60. The van der Waals surface area contributed by atoms with Gasteiger partial charge in [0.25, 0.3) is 0 Å². The van der Waals surface area contributed by atoms with Crippen molar-refractivity contribution in [2.75, 3.05) is 19.4 Å². The number of methoxy groups -OCH3 is 1. The maximum Gasteiger partial charge on any atom is 0.343 e. The van der Waals surface area contributed by atoms with Gasteiger partial charge in [-0.05, 0) is 13.0 Å². The molecule has 0 amide bonds. The number of thioether (sulfide) groups is 1. The number of hydrogen-bond donors (Lipinski definition) is 2. The highest BCUT2D eigenvalue weighted by atomic mass is 32.2. The maximum atomic E-state index is 11.5. The van der Waals surface area contributed by atoms with Crippen molar-refractivity contribution in [3.63, 3.8) is 0 Å². The van der Waals surface area contributed by atoms with E-state index in [2.05, 4.69) is 15.5 Å². The van der Waals surface area contributed by atoms with E-state index < -0.39 is 6.04 Å². The van der Waals surface area contributed by atoms with E-state index in [0.29, 0.717) is 10.9 Å². The van der Waals surface area contributed by atoms with Crippen molar-refractivity contribution < 1.29 is 9.53 Å². The van der Waals surface area contributed by atoms with E-state index in [1.54, 1.807) is 7.05 Å². The largest absolute Gasteiger partial charge is 0.468 e. The molecule has 1 unspecified atom stereocenters. The molecule has 1 atom stereocenters. The highest BCUT2D eigenvalue weighted by molar-refractivity contribution is 7.99. The summed E-state index contributed by atoms with van der Waals surface area (Å²) in [6.45, 7) is 2.76. The summed E-state index contributed by atoms with van der Waals surface area (Å²) in [6, 6.07) is -0.397. The molecule has 0 saturated heterocycles. The summed E-state index contributed by atoms with van der Waals surface area (Å²) in [5.74, 6) is 0.154. The molecule has 0 radical (unpaired) electrons. The second-order valence-electron chi connectivity index (χ2n) is 3.71. The van der Waals surface area contributed by atoms with Crippen LogP contribution in [0, 0.1) is 0 Å². The van der Waals surface area contributed by atoms with Crippen molar-refractivity contribution in [2.24, 2.45) is 7.05 Å². The van der Waals surface area contributed by atoms with E-state index in [9.17, 15) is 9.59 Å². The average molecular weight is 274 g/mol. The molecule has 0 aromatic carbocycles. The summed E-state index contributed by atoms with van der Waals surface area (Å²) in [4.78, 5) is 22.7. The van der Waals surface area contributed by atoms with Crippen molar-refractivity contribution >= 4 is 17.7 Å². The molecule has 1 aromatic heterocycles. The molecule has 0 bridgehead atoms. The van der Waals surface area contributed by atoms with Crippen molar-refractivity contribution in [1.82, 2.24) is 20.1 Å². The summed E-state index contributed by atoms with van der Waals surface area (Å²) in [7, 11) is 2.98. The Morgan fingerprint density at radius 1 is 1.67 bits per heavy atom. The van der Waals surface area contributed by atoms with Gasteiger partial charge in [-0.1, -0.05) is 18.7 Å². The van der Waals surface area contributed by atoms with Gasteiger partial charge in [-0.2, -0.15) is 0 Å². The number of aromatic nitrogens is 3. The molecule has 7 nitrogen and oxygen atoms in total. The van der Waals surface area contributed by atoms with E-state index in [-0.39, 0.29) is 11.7 Å². The second-order valence-corrected chi connectivity index (χ2v) is 4.70. The van der Waals surface area contributed by atoms with Crippen LogP contribution in [0.4, 0.5) is 0 Å². The lowest BCUT2D eigenvalue weighted by Gasteiger charge is -2.14. The number of esters is 1. The lowest BCUT2D eigenvalue weighted by molar-refractivity contribution is -0.142. The van der Waals surface area contributed by atoms with E-state index in [4.69, 9.17) is 4.74 Å². The first-order valence-corrected chi connectivity index (χ1v) is 6.64. The summed E-state index contributed by atoms with van der Waals surface area (Å²) in [6.07, 6.45) is 0.930. The highest BCUT2D eigenvalue weighted by Gasteiger charge is 2.19. The van der Waals surface area contributed by atoms with Crippen molar-refractivity contribution in [1.29, 1.82) is 0 Å². The third kappa shape index (κ3) is 3.88. The van der Waals surface area contributed by atoms with Crippen molar-refractivity contribution in [2.45, 2.75) is 24.5 Å². The van der Waals surface area contributed by atoms with Crippen molar-refractivity contribution in [3.05, 3.63) is 10.5 Å². The van der Waals surface area contributed by atoms with Gasteiger partial charge in [0.05, 0.1) is 7.11 Å². The molecule has 1 aromatic rings. The van der Waals surface area contributed by atoms with Crippen LogP contribution in [0.25, 0.3) is 0 Å². The maximum absolute atomic E-state index is 11.5. The molecular formula is C10H18N4O3S. The number of rotatable bonds is 7. The van der Waals surface area contributed by atoms with Crippen LogP contribution < -0.4 is 11.0 Å². The zero-order chi connectivity index (χ0) is 13.5. The van der Waals surface area contributed by atoms with Crippen LogP contribution >= 0.6 is 11.8 Å². The molecule has 0 aliphatic carbocycles. The van der Waals surface area contributed by atoms with Crippen LogP contribution in [0.5, 0.6) is 0 Å². The topological polar surface area (TPSA) is 89.0 Å². The van der Waals surface area contributed by atoms with Gasteiger partial charge < -0.3 is 10.1 Å². The third-order valence-electron chi connectivity index (χ3n) is 2.34. The highest BCUT2D eigenvalue weighted by Crippen LogP contribution is 2.13. The predicted molar refractivity (Wildman–Crippen MR) is 68.7 cm³/mol. The summed E-state index contributed by atoms with van der Waals surface area (Å²) in [5, 5.41) is 9.85. The van der Waals surface area contributed by atoms with E-state index in [0.717, 1.165) is 13.0 Å². The Balaban J connectivity index is 2.58. The summed E-state index contributed by atoms with van der Waals surface area (Å²) < 4.78 is 6.12. The molecule has 0 fully saturated rings. The van der Waals surface area contributed by atoms with Gasteiger partial charge >= 0.3 is 11.7 Å². The molecule has 0 saturated carbocycles. The van der Waals surface area contributed by atoms with Gasteiger partial charge in [0.15, 0.2) is 5.16 Å². The average Bonchev–Trinajstić information content (AvgIpc) is 2.69. The minimum atomic E-state index is -0.397. The minimum absolute atomic E-state index is 0.270. The van der Waals surface area contributed by atoms with Gasteiger partial charge in [-0.15, -0.1) is 5.10 Å². The quantitative estimate of drug-likeness (QED) is 0.526. The number of carbonyl (C=O) groups is 1. The molecular weight excluding hydrogens is 256 g/mol. The molecule has 0 aliphatic rings. The molecule has 8 heteroatoms. The first-order valence-electron chi connectivity index (χ1n) is 5.65. The Bertz CT molecular complexity index is 443. The Morgan fingerprint density at radius 2 is 2.39 bits per heavy atom. The number of carbonyl (C=O) groups excluding carboxylic acids is 1. The molecule has 0 spiro atoms. The van der Waals surface area contributed by atoms with Crippen LogP contribution in [0.2, 0.25) is 0 Å². The number of nitrogens with zero attached hydrogens (tertiary/aromatic N) is 2. The number of hydrogen-bond acceptors (Lipinski definition) is 6. The fourth-order valence-corrected chi connectivity index (χ4v) is 2.25. The fourth-order valence-electron chi connectivity index (χ4n) is 1.29. The number of H-pyrrole nitrogens is 1. The van der Waals surface area contributed by atoms with Crippen LogP contribution in [0.15, 0.2) is 9.95 Å². The Hall–Kier alpha value is -1.28. The van der Waals surface area contributed by atoms with E-state index in [1.807, 2.05) is 6.92 Å². The molecule has 18 heavy (non-hydrogen) atoms. The number of ether oxygens (including phenoxy) is 1. The van der Waals surface area contributed by atoms with Gasteiger partial charge in [-0.3, -0.25) is 9.36 Å². The monoisotopic (exact) mass is 274 g/mol. The van der Waals surface area contributed by atoms with Crippen LogP contribution in [-0.2, 0) is 16.6 Å². The fraction of sp³-hybridized carbons (Fsp3) is 0.700. The van der Waals surface area contributed by atoms with Gasteiger partial charge in [0.2, 0.25) is 0 Å². The predicted octanol–water partition coefficient (Wildman–Crippen LogP) is -0.258. The Kier molecular flexibility index (Phi) is 5.93. The van der Waals surface area contributed by atoms with E-state index in [1.165, 1.54) is 23.4 Å². The van der Waals surface area contributed by atoms with Crippen molar-refractivity contribution in [3.8, 4) is 0 Å². The normalized spacial score (nSPS) is 12.4. The number of aromatic amines is 1. The zero-order valence-electron chi connectivity index (χ0n) is 10.7. The summed E-state index contributed by atoms with van der Waals surface area (Å²) >= 11 is 1.33.